The van der Waals surface area contributed by atoms with Gasteiger partial charge in [0.05, 0.1) is 24.8 Å². The van der Waals surface area contributed by atoms with Crippen LogP contribution in [-0.4, -0.2) is 65.8 Å². The smallest absolute Gasteiger partial charge is 0.176 e. The Morgan fingerprint density at radius 2 is 1.76 bits per heavy atom. The number of rotatable bonds is 8. The predicted molar refractivity (Wildman–Crippen MR) is 127 cm³/mol. The average Bonchev–Trinajstić information content (AvgIpc) is 3.29. The maximum absolute atomic E-state index is 11.3. The molecule has 0 saturated carbocycles. The van der Waals surface area contributed by atoms with Gasteiger partial charge in [-0.05, 0) is 35.9 Å². The second-order valence-corrected chi connectivity index (χ2v) is 8.88. The summed E-state index contributed by atoms with van der Waals surface area (Å²) in [6, 6.07) is 24.4. The molecular weight excluding hydrogens is 414 g/mol. The lowest BCUT2D eigenvalue weighted by atomic mass is 9.94. The third kappa shape index (κ3) is 5.00. The molecule has 2 aromatic carbocycles. The predicted octanol–water partition coefficient (Wildman–Crippen LogP) is 2.87. The van der Waals surface area contributed by atoms with Crippen molar-refractivity contribution in [1.82, 2.24) is 15.2 Å². The van der Waals surface area contributed by atoms with Crippen LogP contribution < -0.4 is 5.32 Å². The zero-order valence-corrected chi connectivity index (χ0v) is 18.9. The molecule has 2 saturated heterocycles. The van der Waals surface area contributed by atoms with Gasteiger partial charge in [0, 0.05) is 31.4 Å². The van der Waals surface area contributed by atoms with E-state index in [2.05, 4.69) is 63.7 Å². The monoisotopic (exact) mass is 445 g/mol. The summed E-state index contributed by atoms with van der Waals surface area (Å²) in [7, 11) is 2.02. The fourth-order valence-electron chi connectivity index (χ4n) is 4.79. The van der Waals surface area contributed by atoms with Crippen molar-refractivity contribution < 1.29 is 14.6 Å². The lowest BCUT2D eigenvalue weighted by Gasteiger charge is -2.42. The van der Waals surface area contributed by atoms with Crippen LogP contribution in [0.25, 0.3) is 11.1 Å². The highest BCUT2D eigenvalue weighted by atomic mass is 16.7. The van der Waals surface area contributed by atoms with E-state index in [4.69, 9.17) is 9.47 Å². The van der Waals surface area contributed by atoms with Crippen LogP contribution >= 0.6 is 0 Å². The lowest BCUT2D eigenvalue weighted by Crippen LogP contribution is -2.63. The van der Waals surface area contributed by atoms with Crippen LogP contribution in [0.4, 0.5) is 0 Å². The molecule has 3 heterocycles. The van der Waals surface area contributed by atoms with Gasteiger partial charge in [0.2, 0.25) is 0 Å². The Hall–Kier alpha value is -2.61. The highest BCUT2D eigenvalue weighted by Crippen LogP contribution is 2.31. The van der Waals surface area contributed by atoms with Gasteiger partial charge in [0.25, 0.3) is 0 Å². The molecule has 2 N–H and O–H groups in total. The number of likely N-dealkylation sites (N-methyl/N-ethyl adjacent to an activating group) is 1. The number of pyridine rings is 1. The molecule has 2 aliphatic heterocycles. The number of benzene rings is 2. The number of hydrogen-bond donors (Lipinski definition) is 2. The fourth-order valence-corrected chi connectivity index (χ4v) is 4.79. The van der Waals surface area contributed by atoms with E-state index < -0.39 is 12.4 Å². The van der Waals surface area contributed by atoms with E-state index >= 15 is 0 Å². The Morgan fingerprint density at radius 1 is 1.00 bits per heavy atom. The molecule has 1 aromatic heterocycles. The zero-order chi connectivity index (χ0) is 22.6. The van der Waals surface area contributed by atoms with Crippen molar-refractivity contribution >= 4 is 0 Å². The first-order chi connectivity index (χ1) is 16.2. The molecule has 0 amide bonds. The second-order valence-electron chi connectivity index (χ2n) is 8.88. The highest BCUT2D eigenvalue weighted by Gasteiger charge is 2.51. The summed E-state index contributed by atoms with van der Waals surface area (Å²) in [5.74, 6) is 0. The molecule has 0 aliphatic carbocycles. The molecule has 0 unspecified atom stereocenters. The maximum atomic E-state index is 11.3. The molecule has 0 spiro atoms. The Bertz CT molecular complexity index is 1020. The molecule has 6 heteroatoms. The molecule has 3 aromatic rings. The van der Waals surface area contributed by atoms with Crippen LogP contribution in [0.2, 0.25) is 0 Å². The number of ether oxygens (including phenoxy) is 2. The third-order valence-corrected chi connectivity index (χ3v) is 6.69. The Kier molecular flexibility index (Phi) is 6.80. The van der Waals surface area contributed by atoms with Crippen molar-refractivity contribution in [2.45, 2.75) is 43.5 Å². The number of aliphatic hydroxyl groups excluding tert-OH is 1. The minimum absolute atomic E-state index is 0.144. The molecular formula is C27H31N3O3. The van der Waals surface area contributed by atoms with Gasteiger partial charge in [-0.1, -0.05) is 60.7 Å². The Labute approximate surface area is 195 Å². The van der Waals surface area contributed by atoms with E-state index in [0.717, 1.165) is 18.7 Å². The Balaban J connectivity index is 1.21. The van der Waals surface area contributed by atoms with E-state index in [1.807, 2.05) is 37.5 Å². The standard InChI is InChI=1S/C27H31N3O3/c1-30(16-14-22-9-5-6-15-28-22)25-26(31)24(23-18-32-27(25)33-23)29-17-19-10-12-21(13-11-19)20-7-3-2-4-8-20/h2-13,15,23-27,29,31H,14,16-18H2,1H3/t23-,24-,25-,26+,27-/m1/s1. The number of aromatic nitrogens is 1. The molecule has 172 valence electrons. The largest absolute Gasteiger partial charge is 0.390 e. The molecule has 5 atom stereocenters. The fraction of sp³-hybridized carbons (Fsp3) is 0.370. The van der Waals surface area contributed by atoms with Crippen LogP contribution in [-0.2, 0) is 22.4 Å². The van der Waals surface area contributed by atoms with Crippen LogP contribution in [0.3, 0.4) is 0 Å². The van der Waals surface area contributed by atoms with Gasteiger partial charge in [0.1, 0.15) is 6.10 Å². The van der Waals surface area contributed by atoms with Crippen LogP contribution in [0.5, 0.6) is 0 Å². The second kappa shape index (κ2) is 10.1. The summed E-state index contributed by atoms with van der Waals surface area (Å²) in [4.78, 5) is 6.54. The van der Waals surface area contributed by atoms with Gasteiger partial charge in [-0.3, -0.25) is 9.88 Å². The van der Waals surface area contributed by atoms with E-state index in [1.165, 1.54) is 16.7 Å². The maximum Gasteiger partial charge on any atom is 0.176 e. The van der Waals surface area contributed by atoms with Crippen molar-refractivity contribution in [3.8, 4) is 11.1 Å². The van der Waals surface area contributed by atoms with Crippen LogP contribution in [0.1, 0.15) is 11.3 Å². The van der Waals surface area contributed by atoms with Gasteiger partial charge in [-0.15, -0.1) is 0 Å². The number of hydrogen-bond acceptors (Lipinski definition) is 6. The zero-order valence-electron chi connectivity index (χ0n) is 18.9. The molecule has 0 radical (unpaired) electrons. The number of aliphatic hydroxyl groups is 1. The molecule has 2 fully saturated rings. The summed E-state index contributed by atoms with van der Waals surface area (Å²) < 4.78 is 12.0. The minimum atomic E-state index is -0.589. The first kappa shape index (κ1) is 22.2. The Morgan fingerprint density at radius 3 is 2.52 bits per heavy atom. The minimum Gasteiger partial charge on any atom is -0.390 e. The van der Waals surface area contributed by atoms with E-state index in [1.54, 1.807) is 0 Å². The number of nitrogens with one attached hydrogen (secondary N) is 1. The van der Waals surface area contributed by atoms with Gasteiger partial charge >= 0.3 is 0 Å². The van der Waals surface area contributed by atoms with Crippen molar-refractivity contribution in [2.24, 2.45) is 0 Å². The quantitative estimate of drug-likeness (QED) is 0.556. The molecule has 2 aliphatic rings. The van der Waals surface area contributed by atoms with Crippen LogP contribution in [0, 0.1) is 0 Å². The number of fused-ring (bicyclic) bond motifs is 2. The van der Waals surface area contributed by atoms with E-state index in [9.17, 15) is 5.11 Å². The lowest BCUT2D eigenvalue weighted by molar-refractivity contribution is -0.178. The molecule has 6 nitrogen and oxygen atoms in total. The van der Waals surface area contributed by atoms with Crippen molar-refractivity contribution in [1.29, 1.82) is 0 Å². The first-order valence-corrected chi connectivity index (χ1v) is 11.6. The van der Waals surface area contributed by atoms with E-state index in [-0.39, 0.29) is 18.2 Å². The highest BCUT2D eigenvalue weighted by molar-refractivity contribution is 5.63. The molecule has 2 bridgehead atoms. The summed E-state index contributed by atoms with van der Waals surface area (Å²) in [5, 5.41) is 14.8. The topological polar surface area (TPSA) is 66.9 Å². The van der Waals surface area contributed by atoms with Crippen molar-refractivity contribution in [3.05, 3.63) is 90.3 Å². The van der Waals surface area contributed by atoms with Crippen molar-refractivity contribution in [2.75, 3.05) is 20.2 Å². The third-order valence-electron chi connectivity index (χ3n) is 6.69. The van der Waals surface area contributed by atoms with Crippen molar-refractivity contribution in [3.63, 3.8) is 0 Å². The van der Waals surface area contributed by atoms with Gasteiger partial charge in [-0.25, -0.2) is 0 Å². The summed E-state index contributed by atoms with van der Waals surface area (Å²) >= 11 is 0. The normalized spacial score (nSPS) is 26.6. The van der Waals surface area contributed by atoms with E-state index in [0.29, 0.717) is 13.2 Å². The SMILES string of the molecule is CN(CCc1ccccn1)[C@H]1[C@@H]2OC[C@@H](O2)[C@@H](NCc2ccc(-c3ccccc3)cc2)[C@@H]1O. The van der Waals surface area contributed by atoms with Gasteiger partial charge < -0.3 is 19.9 Å². The average molecular weight is 446 g/mol. The molecule has 33 heavy (non-hydrogen) atoms. The first-order valence-electron chi connectivity index (χ1n) is 11.6. The van der Waals surface area contributed by atoms with Gasteiger partial charge in [-0.2, -0.15) is 0 Å². The number of nitrogens with zero attached hydrogens (tertiary/aromatic N) is 2. The van der Waals surface area contributed by atoms with Gasteiger partial charge in [0.15, 0.2) is 6.29 Å². The van der Waals surface area contributed by atoms with Crippen LogP contribution in [0.15, 0.2) is 79.0 Å². The summed E-state index contributed by atoms with van der Waals surface area (Å²) in [6.07, 6.45) is 1.48. The summed E-state index contributed by atoms with van der Waals surface area (Å²) in [5.41, 5.74) is 4.61. The molecule has 5 rings (SSSR count). The summed E-state index contributed by atoms with van der Waals surface area (Å²) in [6.45, 7) is 1.92.